The number of hydrogen-bond acceptors (Lipinski definition) is 3. The number of carbonyl (C=O) groups is 1. The Morgan fingerprint density at radius 3 is 2.91 bits per heavy atom. The monoisotopic (exact) mass is 327 g/mol. The third-order valence-corrected chi connectivity index (χ3v) is 4.40. The summed E-state index contributed by atoms with van der Waals surface area (Å²) < 4.78 is 7.11. The standard InChI is InChI=1S/C17H14ClN3O2/c18-15-6-2-1-5-12(15)13-8-16(22)20-17-14(13)9-19-21(17)10-11-4-3-7-23-11/h1-7,9,13H,8,10H2,(H,20,22). The Morgan fingerprint density at radius 2 is 2.13 bits per heavy atom. The Hall–Kier alpha value is -2.53. The minimum Gasteiger partial charge on any atom is -0.467 e. The molecule has 1 unspecified atom stereocenters. The van der Waals surface area contributed by atoms with Gasteiger partial charge in [-0.3, -0.25) is 4.79 Å². The lowest BCUT2D eigenvalue weighted by atomic mass is 9.87. The summed E-state index contributed by atoms with van der Waals surface area (Å²) >= 11 is 6.32. The molecule has 0 fully saturated rings. The van der Waals surface area contributed by atoms with Crippen molar-refractivity contribution in [1.29, 1.82) is 0 Å². The molecule has 5 nitrogen and oxygen atoms in total. The Kier molecular flexibility index (Phi) is 3.42. The van der Waals surface area contributed by atoms with Crippen LogP contribution >= 0.6 is 11.6 Å². The van der Waals surface area contributed by atoms with E-state index in [1.165, 1.54) is 0 Å². The van der Waals surface area contributed by atoms with Gasteiger partial charge >= 0.3 is 0 Å². The van der Waals surface area contributed by atoms with Crippen molar-refractivity contribution in [2.24, 2.45) is 0 Å². The summed E-state index contributed by atoms with van der Waals surface area (Å²) in [5.74, 6) is 1.37. The Labute approximate surface area is 137 Å². The van der Waals surface area contributed by atoms with Crippen molar-refractivity contribution in [2.75, 3.05) is 5.32 Å². The molecule has 0 saturated carbocycles. The highest BCUT2D eigenvalue weighted by molar-refractivity contribution is 6.31. The number of hydrogen-bond donors (Lipinski definition) is 1. The molecule has 4 rings (SSSR count). The van der Waals surface area contributed by atoms with E-state index in [-0.39, 0.29) is 11.8 Å². The van der Waals surface area contributed by atoms with Gasteiger partial charge in [0.2, 0.25) is 5.91 Å². The summed E-state index contributed by atoms with van der Waals surface area (Å²) in [5.41, 5.74) is 1.92. The van der Waals surface area contributed by atoms with E-state index in [1.807, 2.05) is 36.4 Å². The highest BCUT2D eigenvalue weighted by Gasteiger charge is 2.31. The van der Waals surface area contributed by atoms with E-state index in [0.717, 1.165) is 16.9 Å². The third-order valence-electron chi connectivity index (χ3n) is 4.06. The normalized spacial score (nSPS) is 16.9. The molecule has 3 heterocycles. The minimum atomic E-state index is -0.0854. The highest BCUT2D eigenvalue weighted by Crippen LogP contribution is 2.39. The first-order valence-electron chi connectivity index (χ1n) is 7.35. The summed E-state index contributed by atoms with van der Waals surface area (Å²) in [6.45, 7) is 0.470. The van der Waals surface area contributed by atoms with Crippen LogP contribution in [0.4, 0.5) is 5.82 Å². The van der Waals surface area contributed by atoms with Crippen molar-refractivity contribution in [3.8, 4) is 0 Å². The molecule has 0 aliphatic carbocycles. The lowest BCUT2D eigenvalue weighted by molar-refractivity contribution is -0.116. The van der Waals surface area contributed by atoms with Crippen LogP contribution in [-0.4, -0.2) is 15.7 Å². The highest BCUT2D eigenvalue weighted by atomic mass is 35.5. The van der Waals surface area contributed by atoms with Crippen molar-refractivity contribution in [2.45, 2.75) is 18.9 Å². The number of anilines is 1. The van der Waals surface area contributed by atoms with Crippen LogP contribution in [0, 0.1) is 0 Å². The second-order valence-electron chi connectivity index (χ2n) is 5.51. The van der Waals surface area contributed by atoms with E-state index in [2.05, 4.69) is 10.4 Å². The molecule has 6 heteroatoms. The van der Waals surface area contributed by atoms with Gasteiger partial charge in [-0.15, -0.1) is 0 Å². The molecule has 23 heavy (non-hydrogen) atoms. The van der Waals surface area contributed by atoms with Gasteiger partial charge in [-0.1, -0.05) is 29.8 Å². The quantitative estimate of drug-likeness (QED) is 0.798. The van der Waals surface area contributed by atoms with E-state index in [0.29, 0.717) is 23.8 Å². The zero-order valence-electron chi connectivity index (χ0n) is 12.2. The molecule has 1 amide bonds. The molecule has 0 saturated heterocycles. The molecule has 0 radical (unpaired) electrons. The van der Waals surface area contributed by atoms with Gasteiger partial charge in [-0.25, -0.2) is 4.68 Å². The predicted octanol–water partition coefficient (Wildman–Crippen LogP) is 3.65. The summed E-state index contributed by atoms with van der Waals surface area (Å²) in [6, 6.07) is 11.3. The van der Waals surface area contributed by atoms with Crippen molar-refractivity contribution in [3.63, 3.8) is 0 Å². The third kappa shape index (κ3) is 2.53. The molecule has 1 atom stereocenters. The van der Waals surface area contributed by atoms with Gasteiger partial charge in [0.25, 0.3) is 0 Å². The van der Waals surface area contributed by atoms with Crippen LogP contribution in [0.25, 0.3) is 0 Å². The van der Waals surface area contributed by atoms with Crippen LogP contribution in [0.15, 0.2) is 53.3 Å². The maximum absolute atomic E-state index is 12.2. The molecule has 1 aliphatic heterocycles. The first-order valence-corrected chi connectivity index (χ1v) is 7.72. The van der Waals surface area contributed by atoms with Gasteiger partial charge in [-0.05, 0) is 23.8 Å². The number of carbonyl (C=O) groups excluding carboxylic acids is 1. The molecular weight excluding hydrogens is 314 g/mol. The average molecular weight is 328 g/mol. The molecule has 0 spiro atoms. The Bertz CT molecular complexity index is 855. The van der Waals surface area contributed by atoms with Gasteiger partial charge in [0, 0.05) is 22.9 Å². The van der Waals surface area contributed by atoms with Crippen molar-refractivity contribution in [1.82, 2.24) is 9.78 Å². The predicted molar refractivity (Wildman–Crippen MR) is 86.6 cm³/mol. The van der Waals surface area contributed by atoms with Crippen molar-refractivity contribution >= 4 is 23.3 Å². The maximum atomic E-state index is 12.2. The zero-order chi connectivity index (χ0) is 15.8. The van der Waals surface area contributed by atoms with E-state index < -0.39 is 0 Å². The number of amides is 1. The Morgan fingerprint density at radius 1 is 1.26 bits per heavy atom. The molecule has 0 bridgehead atoms. The van der Waals surface area contributed by atoms with E-state index in [1.54, 1.807) is 17.1 Å². The molecule has 2 aromatic heterocycles. The number of benzene rings is 1. The molecule has 116 valence electrons. The SMILES string of the molecule is O=C1CC(c2ccccc2Cl)c2cnn(Cc3ccco3)c2N1. The zero-order valence-corrected chi connectivity index (χ0v) is 13.0. The minimum absolute atomic E-state index is 0.0383. The average Bonchev–Trinajstić information content (AvgIpc) is 3.18. The van der Waals surface area contributed by atoms with E-state index in [4.69, 9.17) is 16.0 Å². The number of fused-ring (bicyclic) bond motifs is 1. The smallest absolute Gasteiger partial charge is 0.226 e. The van der Waals surface area contributed by atoms with Crippen LogP contribution in [0.1, 0.15) is 29.2 Å². The van der Waals surface area contributed by atoms with Gasteiger partial charge in [0.15, 0.2) is 0 Å². The first-order chi connectivity index (χ1) is 11.2. The topological polar surface area (TPSA) is 60.1 Å². The van der Waals surface area contributed by atoms with Crippen LogP contribution in [0.2, 0.25) is 5.02 Å². The van der Waals surface area contributed by atoms with Crippen LogP contribution in [-0.2, 0) is 11.3 Å². The van der Waals surface area contributed by atoms with Gasteiger partial charge in [-0.2, -0.15) is 5.10 Å². The fraction of sp³-hybridized carbons (Fsp3) is 0.176. The summed E-state index contributed by atoms with van der Waals surface area (Å²) in [7, 11) is 0. The number of aromatic nitrogens is 2. The summed E-state index contributed by atoms with van der Waals surface area (Å²) in [4.78, 5) is 12.2. The van der Waals surface area contributed by atoms with E-state index in [9.17, 15) is 4.79 Å². The fourth-order valence-corrected chi connectivity index (χ4v) is 3.24. The lowest BCUT2D eigenvalue weighted by Crippen LogP contribution is -2.25. The molecule has 1 aromatic carbocycles. The number of halogens is 1. The molecule has 3 aromatic rings. The number of nitrogens with one attached hydrogen (secondary N) is 1. The van der Waals surface area contributed by atoms with Crippen LogP contribution in [0.3, 0.4) is 0 Å². The number of nitrogens with zero attached hydrogens (tertiary/aromatic N) is 2. The molecular formula is C17H14ClN3O2. The summed E-state index contributed by atoms with van der Waals surface area (Å²) in [5, 5.41) is 7.99. The van der Waals surface area contributed by atoms with Crippen LogP contribution in [0.5, 0.6) is 0 Å². The number of rotatable bonds is 3. The van der Waals surface area contributed by atoms with Gasteiger partial charge in [0.05, 0.1) is 12.5 Å². The molecule has 1 N–H and O–H groups in total. The second-order valence-corrected chi connectivity index (χ2v) is 5.92. The summed E-state index contributed by atoms with van der Waals surface area (Å²) in [6.07, 6.45) is 3.78. The fourth-order valence-electron chi connectivity index (χ4n) is 2.98. The van der Waals surface area contributed by atoms with E-state index >= 15 is 0 Å². The lowest BCUT2D eigenvalue weighted by Gasteiger charge is -2.24. The second kappa shape index (κ2) is 5.59. The Balaban J connectivity index is 1.75. The number of furan rings is 1. The van der Waals surface area contributed by atoms with Crippen LogP contribution < -0.4 is 5.32 Å². The molecule has 1 aliphatic rings. The van der Waals surface area contributed by atoms with Crippen molar-refractivity contribution in [3.05, 3.63) is 70.8 Å². The first kappa shape index (κ1) is 14.1. The van der Waals surface area contributed by atoms with Gasteiger partial charge in [0.1, 0.15) is 18.1 Å². The van der Waals surface area contributed by atoms with Gasteiger partial charge < -0.3 is 9.73 Å². The maximum Gasteiger partial charge on any atom is 0.226 e. The largest absolute Gasteiger partial charge is 0.467 e. The van der Waals surface area contributed by atoms with Crippen molar-refractivity contribution < 1.29 is 9.21 Å².